The molecule has 0 radical (unpaired) electrons. The number of urea groups is 1. The molecule has 1 spiro atoms. The van der Waals surface area contributed by atoms with Crippen molar-refractivity contribution in [2.45, 2.75) is 42.9 Å². The van der Waals surface area contributed by atoms with Gasteiger partial charge >= 0.3 is 12.2 Å². The van der Waals surface area contributed by atoms with Crippen LogP contribution in [0.5, 0.6) is 0 Å². The highest BCUT2D eigenvalue weighted by Gasteiger charge is 2.51. The predicted molar refractivity (Wildman–Crippen MR) is 116 cm³/mol. The second kappa shape index (κ2) is 7.94. The Hall–Kier alpha value is -2.67. The zero-order chi connectivity index (χ0) is 25.1. The Labute approximate surface area is 194 Å². The summed E-state index contributed by atoms with van der Waals surface area (Å²) >= 11 is 0. The number of carbonyl (C=O) groups excluding carboxylic acids is 1. The average molecular weight is 504 g/mol. The van der Waals surface area contributed by atoms with Crippen molar-refractivity contribution in [3.05, 3.63) is 47.4 Å². The summed E-state index contributed by atoms with van der Waals surface area (Å²) in [6, 6.07) is 6.22. The van der Waals surface area contributed by atoms with Gasteiger partial charge in [-0.2, -0.15) is 18.3 Å². The molecule has 1 saturated heterocycles. The third kappa shape index (κ3) is 4.15. The fourth-order valence-corrected chi connectivity index (χ4v) is 5.74. The maximum atomic E-state index is 13.9. The molecule has 34 heavy (non-hydrogen) atoms. The third-order valence-electron chi connectivity index (χ3n) is 6.87. The van der Waals surface area contributed by atoms with Gasteiger partial charge in [-0.05, 0) is 57.5 Å². The van der Waals surface area contributed by atoms with E-state index in [4.69, 9.17) is 0 Å². The van der Waals surface area contributed by atoms with Crippen LogP contribution in [0.1, 0.15) is 36.9 Å². The summed E-state index contributed by atoms with van der Waals surface area (Å²) in [5.41, 5.74) is -1.85. The van der Waals surface area contributed by atoms with Gasteiger partial charge in [-0.3, -0.25) is 9.80 Å². The molecule has 2 aliphatic rings. The van der Waals surface area contributed by atoms with Gasteiger partial charge < -0.3 is 5.32 Å². The molecule has 186 valence electrons. The molecule has 1 aliphatic carbocycles. The number of hydrogen-bond donors (Lipinski definition) is 1. The van der Waals surface area contributed by atoms with Crippen LogP contribution in [0.15, 0.2) is 30.3 Å². The first-order valence-electron chi connectivity index (χ1n) is 10.6. The van der Waals surface area contributed by atoms with Crippen LogP contribution in [0.25, 0.3) is 0 Å². The molecular formula is C21H25F4N5O3S. The summed E-state index contributed by atoms with van der Waals surface area (Å²) in [6.45, 7) is -0.0169. The predicted octanol–water partition coefficient (Wildman–Crippen LogP) is 3.15. The maximum absolute atomic E-state index is 13.9. The van der Waals surface area contributed by atoms with E-state index in [1.54, 1.807) is 6.07 Å². The van der Waals surface area contributed by atoms with E-state index >= 15 is 0 Å². The lowest BCUT2D eigenvalue weighted by Gasteiger charge is -2.48. The Kier molecular flexibility index (Phi) is 5.71. The number of rotatable bonds is 4. The van der Waals surface area contributed by atoms with E-state index in [-0.39, 0.29) is 16.4 Å². The molecule has 1 aromatic carbocycles. The normalized spacial score (nSPS) is 25.9. The van der Waals surface area contributed by atoms with Gasteiger partial charge in [-0.1, -0.05) is 12.1 Å². The van der Waals surface area contributed by atoms with Crippen LogP contribution in [-0.2, 0) is 21.7 Å². The average Bonchev–Trinajstić information content (AvgIpc) is 3.30. The first kappa shape index (κ1) is 24.5. The van der Waals surface area contributed by atoms with E-state index in [0.717, 1.165) is 16.7 Å². The van der Waals surface area contributed by atoms with Gasteiger partial charge in [0.2, 0.25) is 0 Å². The first-order valence-corrected chi connectivity index (χ1v) is 12.4. The minimum atomic E-state index is -4.88. The van der Waals surface area contributed by atoms with E-state index in [9.17, 15) is 30.8 Å². The lowest BCUT2D eigenvalue weighted by molar-refractivity contribution is -0.141. The smallest absolute Gasteiger partial charge is 0.330 e. The van der Waals surface area contributed by atoms with Crippen LogP contribution in [0.3, 0.4) is 0 Å². The molecule has 0 bridgehead atoms. The van der Waals surface area contributed by atoms with Gasteiger partial charge in [0, 0.05) is 11.6 Å². The molecular weight excluding hydrogens is 478 g/mol. The van der Waals surface area contributed by atoms with Crippen molar-refractivity contribution >= 4 is 21.9 Å². The molecule has 0 atom stereocenters. The molecule has 8 nitrogen and oxygen atoms in total. The number of nitrogens with one attached hydrogen (secondary N) is 1. The Bertz CT molecular complexity index is 1220. The lowest BCUT2D eigenvalue weighted by atomic mass is 9.69. The molecule has 2 fully saturated rings. The van der Waals surface area contributed by atoms with Gasteiger partial charge in [0.05, 0.1) is 18.3 Å². The molecule has 13 heteroatoms. The fourth-order valence-electron chi connectivity index (χ4n) is 5.01. The monoisotopic (exact) mass is 503 g/mol. The SMILES string of the molecule is CN(C)C1(c2cccc(F)c2)CCC2(CC1)CN(c1cc(C(F)(F)F)nn1S(C)(=O)=O)C(=O)N2. The third-order valence-corrected chi connectivity index (χ3v) is 7.77. The summed E-state index contributed by atoms with van der Waals surface area (Å²) in [6.07, 6.45) is -2.13. The number of hydrogen-bond acceptors (Lipinski definition) is 5. The van der Waals surface area contributed by atoms with Crippen molar-refractivity contribution in [1.29, 1.82) is 0 Å². The Morgan fingerprint density at radius 3 is 2.29 bits per heavy atom. The highest BCUT2D eigenvalue weighted by atomic mass is 32.2. The highest BCUT2D eigenvalue weighted by molar-refractivity contribution is 7.89. The van der Waals surface area contributed by atoms with E-state index in [0.29, 0.717) is 31.7 Å². The molecule has 1 aliphatic heterocycles. The first-order chi connectivity index (χ1) is 15.7. The zero-order valence-corrected chi connectivity index (χ0v) is 19.7. The molecule has 0 unspecified atom stereocenters. The number of carbonyl (C=O) groups is 1. The minimum absolute atomic E-state index is 0.0169. The van der Waals surface area contributed by atoms with Crippen molar-refractivity contribution in [3.8, 4) is 0 Å². The molecule has 4 rings (SSSR count). The van der Waals surface area contributed by atoms with Crippen LogP contribution in [-0.4, -0.2) is 61.0 Å². The van der Waals surface area contributed by atoms with Crippen LogP contribution >= 0.6 is 0 Å². The van der Waals surface area contributed by atoms with E-state index < -0.39 is 44.8 Å². The standard InChI is InChI=1S/C21H25F4N5O3S/c1-28(2)20(14-5-4-6-15(22)11-14)9-7-19(8-10-20)13-29(18(31)26-19)17-12-16(21(23,24)25)27-30(17)34(3,32)33/h4-6,11-12H,7-10,13H2,1-3H3,(H,26,31). The van der Waals surface area contributed by atoms with E-state index in [1.165, 1.54) is 12.1 Å². The Balaban J connectivity index is 1.64. The Morgan fingerprint density at radius 2 is 1.76 bits per heavy atom. The van der Waals surface area contributed by atoms with Crippen molar-refractivity contribution in [2.75, 3.05) is 31.8 Å². The number of amides is 2. The summed E-state index contributed by atoms with van der Waals surface area (Å²) in [4.78, 5) is 15.8. The topological polar surface area (TPSA) is 87.5 Å². The number of nitrogens with zero attached hydrogens (tertiary/aromatic N) is 4. The van der Waals surface area contributed by atoms with Crippen LogP contribution in [0.4, 0.5) is 28.2 Å². The van der Waals surface area contributed by atoms with Crippen molar-refractivity contribution in [3.63, 3.8) is 0 Å². The second-order valence-corrected chi connectivity index (χ2v) is 11.0. The highest BCUT2D eigenvalue weighted by Crippen LogP contribution is 2.46. The number of aromatic nitrogens is 2. The summed E-state index contributed by atoms with van der Waals surface area (Å²) < 4.78 is 78.1. The molecule has 1 aromatic heterocycles. The number of halogens is 4. The molecule has 1 N–H and O–H groups in total. The number of anilines is 1. The summed E-state index contributed by atoms with van der Waals surface area (Å²) in [7, 11) is -0.415. The van der Waals surface area contributed by atoms with E-state index in [1.807, 2.05) is 25.1 Å². The van der Waals surface area contributed by atoms with Gasteiger partial charge in [-0.25, -0.2) is 17.6 Å². The van der Waals surface area contributed by atoms with Gasteiger partial charge in [0.1, 0.15) is 5.82 Å². The van der Waals surface area contributed by atoms with E-state index in [2.05, 4.69) is 10.4 Å². The molecule has 1 saturated carbocycles. The van der Waals surface area contributed by atoms with Crippen LogP contribution in [0, 0.1) is 5.82 Å². The maximum Gasteiger partial charge on any atom is 0.435 e. The number of benzene rings is 1. The summed E-state index contributed by atoms with van der Waals surface area (Å²) in [5.74, 6) is -0.812. The Morgan fingerprint density at radius 1 is 1.12 bits per heavy atom. The van der Waals surface area contributed by atoms with Crippen LogP contribution in [0.2, 0.25) is 0 Å². The fraction of sp³-hybridized carbons (Fsp3) is 0.524. The number of alkyl halides is 3. The lowest BCUT2D eigenvalue weighted by Crippen LogP contribution is -2.54. The van der Waals surface area contributed by atoms with Crippen molar-refractivity contribution in [1.82, 2.24) is 19.4 Å². The minimum Gasteiger partial charge on any atom is -0.330 e. The quantitative estimate of drug-likeness (QED) is 0.648. The second-order valence-electron chi connectivity index (χ2n) is 9.22. The van der Waals surface area contributed by atoms with Crippen molar-refractivity contribution < 1.29 is 30.8 Å². The zero-order valence-electron chi connectivity index (χ0n) is 18.9. The summed E-state index contributed by atoms with van der Waals surface area (Å²) in [5, 5.41) is 6.06. The molecule has 2 aromatic rings. The van der Waals surface area contributed by atoms with Crippen molar-refractivity contribution in [2.24, 2.45) is 0 Å². The molecule has 2 amide bonds. The van der Waals surface area contributed by atoms with Gasteiger partial charge in [-0.15, -0.1) is 4.09 Å². The molecule has 2 heterocycles. The largest absolute Gasteiger partial charge is 0.435 e. The van der Waals surface area contributed by atoms with Crippen LogP contribution < -0.4 is 10.2 Å². The van der Waals surface area contributed by atoms with Gasteiger partial charge in [0.25, 0.3) is 10.0 Å². The van der Waals surface area contributed by atoms with Gasteiger partial charge in [0.15, 0.2) is 11.5 Å².